The van der Waals surface area contributed by atoms with Gasteiger partial charge in [0, 0.05) is 13.2 Å². The number of carbonyl (C=O) groups is 1. The predicted molar refractivity (Wildman–Crippen MR) is 60.1 cm³/mol. The van der Waals surface area contributed by atoms with Crippen LogP contribution in [0.2, 0.25) is 0 Å². The van der Waals surface area contributed by atoms with E-state index >= 15 is 0 Å². The summed E-state index contributed by atoms with van der Waals surface area (Å²) in [5.41, 5.74) is 0.548. The van der Waals surface area contributed by atoms with Gasteiger partial charge in [-0.15, -0.1) is 0 Å². The summed E-state index contributed by atoms with van der Waals surface area (Å²) in [5.74, 6) is -0.236. The molecule has 0 atom stereocenters. The van der Waals surface area contributed by atoms with Gasteiger partial charge in [-0.05, 0) is 25.7 Å². The largest absolute Gasteiger partial charge is 0.459 e. The molecule has 1 aromatic rings. The van der Waals surface area contributed by atoms with Gasteiger partial charge in [0.25, 0.3) is 0 Å². The van der Waals surface area contributed by atoms with E-state index in [1.165, 1.54) is 25.7 Å². The highest BCUT2D eigenvalue weighted by atomic mass is 16.5. The number of nitrogens with zero attached hydrogens (tertiary/aromatic N) is 2. The number of aromatic nitrogens is 2. The molecule has 16 heavy (non-hydrogen) atoms. The molecule has 1 aliphatic rings. The SMILES string of the molecule is Cn1cc(C(=O)OC2CCCCCC2)cn1. The molecule has 4 nitrogen and oxygen atoms in total. The lowest BCUT2D eigenvalue weighted by Gasteiger charge is -2.14. The smallest absolute Gasteiger partial charge is 0.341 e. The fourth-order valence-electron chi connectivity index (χ4n) is 2.11. The Morgan fingerprint density at radius 2 is 2.06 bits per heavy atom. The second kappa shape index (κ2) is 5.14. The Balaban J connectivity index is 1.90. The minimum atomic E-state index is -0.236. The number of carbonyl (C=O) groups excluding carboxylic acids is 1. The van der Waals surface area contributed by atoms with Crippen LogP contribution in [0.3, 0.4) is 0 Å². The van der Waals surface area contributed by atoms with Crippen LogP contribution in [0.15, 0.2) is 12.4 Å². The standard InChI is InChI=1S/C12H18N2O2/c1-14-9-10(8-13-14)12(15)16-11-6-4-2-3-5-7-11/h8-9,11H,2-7H2,1H3. The molecule has 4 heteroatoms. The summed E-state index contributed by atoms with van der Waals surface area (Å²) >= 11 is 0. The Bertz CT molecular complexity index is 352. The number of hydrogen-bond donors (Lipinski definition) is 0. The van der Waals surface area contributed by atoms with E-state index in [0.717, 1.165) is 12.8 Å². The summed E-state index contributed by atoms with van der Waals surface area (Å²) < 4.78 is 7.09. The molecule has 1 fully saturated rings. The molecule has 1 aromatic heterocycles. The summed E-state index contributed by atoms with van der Waals surface area (Å²) in [6, 6.07) is 0. The molecule has 1 saturated carbocycles. The molecule has 88 valence electrons. The number of rotatable bonds is 2. The minimum Gasteiger partial charge on any atom is -0.459 e. The van der Waals surface area contributed by atoms with Crippen LogP contribution in [-0.4, -0.2) is 21.9 Å². The van der Waals surface area contributed by atoms with Gasteiger partial charge in [-0.25, -0.2) is 4.79 Å². The van der Waals surface area contributed by atoms with Crippen LogP contribution in [-0.2, 0) is 11.8 Å². The van der Waals surface area contributed by atoms with E-state index in [9.17, 15) is 4.79 Å². The zero-order valence-electron chi connectivity index (χ0n) is 9.69. The third kappa shape index (κ3) is 2.84. The van der Waals surface area contributed by atoms with Crippen LogP contribution in [0.25, 0.3) is 0 Å². The van der Waals surface area contributed by atoms with Crippen molar-refractivity contribution < 1.29 is 9.53 Å². The van der Waals surface area contributed by atoms with Gasteiger partial charge >= 0.3 is 5.97 Å². The highest BCUT2D eigenvalue weighted by Gasteiger charge is 2.18. The molecule has 0 aromatic carbocycles. The second-order valence-corrected chi connectivity index (χ2v) is 4.42. The fraction of sp³-hybridized carbons (Fsp3) is 0.667. The van der Waals surface area contributed by atoms with Gasteiger partial charge in [0.1, 0.15) is 6.10 Å². The first-order valence-corrected chi connectivity index (χ1v) is 5.95. The number of aryl methyl sites for hydroxylation is 1. The van der Waals surface area contributed by atoms with Gasteiger partial charge in [0.2, 0.25) is 0 Å². The first-order chi connectivity index (χ1) is 7.75. The molecule has 0 spiro atoms. The second-order valence-electron chi connectivity index (χ2n) is 4.42. The van der Waals surface area contributed by atoms with Gasteiger partial charge < -0.3 is 4.74 Å². The first kappa shape index (κ1) is 11.2. The van der Waals surface area contributed by atoms with Crippen molar-refractivity contribution in [2.24, 2.45) is 7.05 Å². The Kier molecular flexibility index (Phi) is 3.59. The van der Waals surface area contributed by atoms with E-state index in [-0.39, 0.29) is 12.1 Å². The Morgan fingerprint density at radius 3 is 2.62 bits per heavy atom. The fourth-order valence-corrected chi connectivity index (χ4v) is 2.11. The lowest BCUT2D eigenvalue weighted by Crippen LogP contribution is -2.17. The van der Waals surface area contributed by atoms with E-state index in [1.807, 2.05) is 0 Å². The maximum Gasteiger partial charge on any atom is 0.341 e. The third-order valence-electron chi connectivity index (χ3n) is 3.02. The number of esters is 1. The molecule has 0 aliphatic heterocycles. The van der Waals surface area contributed by atoms with E-state index in [1.54, 1.807) is 24.1 Å². The van der Waals surface area contributed by atoms with E-state index in [4.69, 9.17) is 4.74 Å². The van der Waals surface area contributed by atoms with E-state index in [2.05, 4.69) is 5.10 Å². The van der Waals surface area contributed by atoms with E-state index < -0.39 is 0 Å². The monoisotopic (exact) mass is 222 g/mol. The van der Waals surface area contributed by atoms with Crippen LogP contribution in [0.5, 0.6) is 0 Å². The average molecular weight is 222 g/mol. The number of ether oxygens (including phenoxy) is 1. The lowest BCUT2D eigenvalue weighted by atomic mass is 10.1. The molecule has 1 heterocycles. The number of hydrogen-bond acceptors (Lipinski definition) is 3. The Morgan fingerprint density at radius 1 is 1.38 bits per heavy atom. The maximum absolute atomic E-state index is 11.8. The molecule has 0 amide bonds. The summed E-state index contributed by atoms with van der Waals surface area (Å²) in [7, 11) is 1.79. The summed E-state index contributed by atoms with van der Waals surface area (Å²) in [6.07, 6.45) is 10.2. The molecule has 1 aliphatic carbocycles. The zero-order chi connectivity index (χ0) is 11.4. The average Bonchev–Trinajstić information content (AvgIpc) is 2.54. The quantitative estimate of drug-likeness (QED) is 0.569. The van der Waals surface area contributed by atoms with Gasteiger partial charge in [0.15, 0.2) is 0 Å². The van der Waals surface area contributed by atoms with Crippen LogP contribution in [0.1, 0.15) is 48.9 Å². The Hall–Kier alpha value is -1.32. The van der Waals surface area contributed by atoms with Gasteiger partial charge in [-0.1, -0.05) is 12.8 Å². The summed E-state index contributed by atoms with van der Waals surface area (Å²) in [4.78, 5) is 11.8. The maximum atomic E-state index is 11.8. The molecule has 0 bridgehead atoms. The molecule has 0 unspecified atom stereocenters. The third-order valence-corrected chi connectivity index (χ3v) is 3.02. The molecular formula is C12H18N2O2. The van der Waals surface area contributed by atoms with Crippen LogP contribution < -0.4 is 0 Å². The zero-order valence-corrected chi connectivity index (χ0v) is 9.69. The van der Waals surface area contributed by atoms with Crippen molar-refractivity contribution in [2.45, 2.75) is 44.6 Å². The van der Waals surface area contributed by atoms with Gasteiger partial charge in [0.05, 0.1) is 11.8 Å². The summed E-state index contributed by atoms with van der Waals surface area (Å²) in [5, 5.41) is 3.97. The van der Waals surface area contributed by atoms with Crippen LogP contribution in [0.4, 0.5) is 0 Å². The van der Waals surface area contributed by atoms with Gasteiger partial charge in [-0.3, -0.25) is 4.68 Å². The molecule has 0 radical (unpaired) electrons. The van der Waals surface area contributed by atoms with Crippen LogP contribution in [0, 0.1) is 0 Å². The van der Waals surface area contributed by atoms with Crippen molar-refractivity contribution in [3.8, 4) is 0 Å². The van der Waals surface area contributed by atoms with Crippen molar-refractivity contribution in [1.29, 1.82) is 0 Å². The predicted octanol–water partition coefficient (Wildman–Crippen LogP) is 2.30. The molecular weight excluding hydrogens is 204 g/mol. The highest BCUT2D eigenvalue weighted by Crippen LogP contribution is 2.20. The van der Waals surface area contributed by atoms with Crippen molar-refractivity contribution in [3.05, 3.63) is 18.0 Å². The normalized spacial score (nSPS) is 18.1. The van der Waals surface area contributed by atoms with Crippen LogP contribution >= 0.6 is 0 Å². The van der Waals surface area contributed by atoms with Crippen molar-refractivity contribution in [1.82, 2.24) is 9.78 Å². The highest BCUT2D eigenvalue weighted by molar-refractivity contribution is 5.88. The van der Waals surface area contributed by atoms with Crippen molar-refractivity contribution in [2.75, 3.05) is 0 Å². The summed E-state index contributed by atoms with van der Waals surface area (Å²) in [6.45, 7) is 0. The topological polar surface area (TPSA) is 44.1 Å². The van der Waals surface area contributed by atoms with Gasteiger partial charge in [-0.2, -0.15) is 5.10 Å². The molecule has 0 saturated heterocycles. The Labute approximate surface area is 95.6 Å². The van der Waals surface area contributed by atoms with E-state index in [0.29, 0.717) is 5.56 Å². The molecule has 2 rings (SSSR count). The van der Waals surface area contributed by atoms with Crippen molar-refractivity contribution >= 4 is 5.97 Å². The molecule has 0 N–H and O–H groups in total. The minimum absolute atomic E-state index is 0.107. The first-order valence-electron chi connectivity index (χ1n) is 5.95. The lowest BCUT2D eigenvalue weighted by molar-refractivity contribution is 0.0267. The van der Waals surface area contributed by atoms with Crippen molar-refractivity contribution in [3.63, 3.8) is 0 Å².